The Morgan fingerprint density at radius 1 is 1.58 bits per heavy atom. The van der Waals surface area contributed by atoms with E-state index in [0.29, 0.717) is 16.3 Å². The molecule has 1 aromatic rings. The van der Waals surface area contributed by atoms with Gasteiger partial charge in [-0.15, -0.1) is 0 Å². The Morgan fingerprint density at radius 2 is 2.33 bits per heavy atom. The molecule has 1 N–H and O–H groups in total. The highest BCUT2D eigenvalue weighted by molar-refractivity contribution is 7.78. The van der Waals surface area contributed by atoms with Crippen LogP contribution in [0, 0.1) is 0 Å². The van der Waals surface area contributed by atoms with Gasteiger partial charge in [0.15, 0.2) is 0 Å². The molecule has 0 unspecified atom stereocenters. The molecular weight excluding hydrogens is 194 g/mol. The molecule has 0 spiro atoms. The molecule has 1 aromatic carbocycles. The fourth-order valence-corrected chi connectivity index (χ4v) is 1.09. The summed E-state index contributed by atoms with van der Waals surface area (Å²) in [5.74, 6) is 0. The van der Waals surface area contributed by atoms with Crippen molar-refractivity contribution >= 4 is 34.7 Å². The van der Waals surface area contributed by atoms with Gasteiger partial charge in [0.1, 0.15) is 0 Å². The molecule has 0 bridgehead atoms. The van der Waals surface area contributed by atoms with E-state index in [-0.39, 0.29) is 6.61 Å². The second-order valence-electron chi connectivity index (χ2n) is 2.14. The predicted octanol–water partition coefficient (Wildman–Crippen LogP) is 2.57. The van der Waals surface area contributed by atoms with Crippen LogP contribution in [0.3, 0.4) is 0 Å². The summed E-state index contributed by atoms with van der Waals surface area (Å²) in [6.07, 6.45) is 0. The number of aliphatic hydroxyl groups is 1. The molecule has 0 aliphatic rings. The molecule has 62 valence electrons. The van der Waals surface area contributed by atoms with Gasteiger partial charge in [-0.1, -0.05) is 11.6 Å². The van der Waals surface area contributed by atoms with Crippen molar-refractivity contribution in [1.82, 2.24) is 0 Å². The van der Waals surface area contributed by atoms with Crippen molar-refractivity contribution in [3.63, 3.8) is 0 Å². The van der Waals surface area contributed by atoms with Crippen LogP contribution in [-0.4, -0.2) is 10.3 Å². The zero-order valence-corrected chi connectivity index (χ0v) is 7.69. The van der Waals surface area contributed by atoms with Crippen molar-refractivity contribution in [3.8, 4) is 0 Å². The van der Waals surface area contributed by atoms with Gasteiger partial charge in [0.25, 0.3) is 0 Å². The lowest BCUT2D eigenvalue weighted by Gasteiger charge is -1.99. The van der Waals surface area contributed by atoms with E-state index >= 15 is 0 Å². The van der Waals surface area contributed by atoms with Crippen LogP contribution in [0.5, 0.6) is 0 Å². The first-order valence-electron chi connectivity index (χ1n) is 3.25. The smallest absolute Gasteiger partial charge is 0.0744 e. The highest BCUT2D eigenvalue weighted by atomic mass is 35.5. The summed E-state index contributed by atoms with van der Waals surface area (Å²) in [6.45, 7) is -0.0976. The van der Waals surface area contributed by atoms with Gasteiger partial charge in [-0.05, 0) is 36.0 Å². The van der Waals surface area contributed by atoms with Crippen molar-refractivity contribution in [2.24, 2.45) is 4.99 Å². The minimum absolute atomic E-state index is 0.0976. The lowest BCUT2D eigenvalue weighted by atomic mass is 10.2. The molecule has 2 nitrogen and oxygen atoms in total. The summed E-state index contributed by atoms with van der Waals surface area (Å²) < 4.78 is 0. The Hall–Kier alpha value is -0.730. The second-order valence-corrected chi connectivity index (χ2v) is 2.73. The third-order valence-corrected chi connectivity index (χ3v) is 1.83. The van der Waals surface area contributed by atoms with Crippen LogP contribution in [0.4, 0.5) is 5.69 Å². The Balaban J connectivity index is 3.13. The standard InChI is InChI=1S/C8H6ClNOS/c9-8-2-1-7(10-5-12)3-6(8)4-11/h1-3,11H,4H2. The van der Waals surface area contributed by atoms with Gasteiger partial charge in [0.2, 0.25) is 0 Å². The molecule has 0 saturated heterocycles. The summed E-state index contributed by atoms with van der Waals surface area (Å²) >= 11 is 10.2. The van der Waals surface area contributed by atoms with Gasteiger partial charge in [-0.3, -0.25) is 0 Å². The maximum absolute atomic E-state index is 8.84. The number of nitrogens with zero attached hydrogens (tertiary/aromatic N) is 1. The number of thiocarbonyl (C=S) groups is 1. The van der Waals surface area contributed by atoms with Crippen LogP contribution in [0.1, 0.15) is 5.56 Å². The first-order valence-corrected chi connectivity index (χ1v) is 4.03. The van der Waals surface area contributed by atoms with Crippen LogP contribution >= 0.6 is 23.8 Å². The molecule has 0 heterocycles. The second kappa shape index (κ2) is 4.33. The van der Waals surface area contributed by atoms with Gasteiger partial charge < -0.3 is 5.11 Å². The highest BCUT2D eigenvalue weighted by Crippen LogP contribution is 2.21. The molecule has 0 radical (unpaired) electrons. The normalized spacial score (nSPS) is 9.17. The first-order chi connectivity index (χ1) is 5.77. The Morgan fingerprint density at radius 3 is 2.92 bits per heavy atom. The van der Waals surface area contributed by atoms with Crippen molar-refractivity contribution in [3.05, 3.63) is 28.8 Å². The molecule has 12 heavy (non-hydrogen) atoms. The van der Waals surface area contributed by atoms with Crippen LogP contribution in [0.2, 0.25) is 5.02 Å². The number of aliphatic hydroxyl groups excluding tert-OH is 1. The summed E-state index contributed by atoms with van der Waals surface area (Å²) in [5, 5.41) is 11.6. The molecule has 0 aliphatic carbocycles. The third-order valence-electron chi connectivity index (χ3n) is 1.37. The van der Waals surface area contributed by atoms with Gasteiger partial charge in [0, 0.05) is 5.02 Å². The maximum atomic E-state index is 8.84. The quantitative estimate of drug-likeness (QED) is 0.587. The number of benzene rings is 1. The van der Waals surface area contributed by atoms with Crippen molar-refractivity contribution in [1.29, 1.82) is 0 Å². The van der Waals surface area contributed by atoms with E-state index in [0.717, 1.165) is 0 Å². The number of isothiocyanates is 1. The van der Waals surface area contributed by atoms with Crippen LogP contribution in [0.15, 0.2) is 23.2 Å². The zero-order chi connectivity index (χ0) is 8.97. The summed E-state index contributed by atoms with van der Waals surface area (Å²) in [6, 6.07) is 5.04. The summed E-state index contributed by atoms with van der Waals surface area (Å²) in [4.78, 5) is 3.75. The molecular formula is C8H6ClNOS. The first kappa shape index (κ1) is 9.36. The van der Waals surface area contributed by atoms with Crippen molar-refractivity contribution in [2.45, 2.75) is 6.61 Å². The van der Waals surface area contributed by atoms with E-state index in [2.05, 4.69) is 22.4 Å². The van der Waals surface area contributed by atoms with E-state index in [1.165, 1.54) is 0 Å². The van der Waals surface area contributed by atoms with E-state index in [1.807, 2.05) is 0 Å². The predicted molar refractivity (Wildman–Crippen MR) is 52.1 cm³/mol. The Kier molecular flexibility index (Phi) is 3.38. The lowest BCUT2D eigenvalue weighted by Crippen LogP contribution is -1.83. The average molecular weight is 200 g/mol. The summed E-state index contributed by atoms with van der Waals surface area (Å²) in [7, 11) is 0. The molecule has 1 rings (SSSR count). The highest BCUT2D eigenvalue weighted by Gasteiger charge is 1.98. The van der Waals surface area contributed by atoms with E-state index in [9.17, 15) is 0 Å². The molecule has 0 amide bonds. The minimum Gasteiger partial charge on any atom is -0.392 e. The van der Waals surface area contributed by atoms with E-state index in [4.69, 9.17) is 16.7 Å². The Bertz CT molecular complexity index is 334. The number of halogens is 1. The van der Waals surface area contributed by atoms with Crippen LogP contribution < -0.4 is 0 Å². The van der Waals surface area contributed by atoms with E-state index < -0.39 is 0 Å². The molecule has 0 fully saturated rings. The topological polar surface area (TPSA) is 32.6 Å². The fourth-order valence-electron chi connectivity index (χ4n) is 0.805. The molecule has 4 heteroatoms. The number of aliphatic imine (C=N–C) groups is 1. The summed E-state index contributed by atoms with van der Waals surface area (Å²) in [5.41, 5.74) is 1.29. The number of rotatable bonds is 2. The zero-order valence-electron chi connectivity index (χ0n) is 6.12. The van der Waals surface area contributed by atoms with Crippen molar-refractivity contribution < 1.29 is 5.11 Å². The fraction of sp³-hybridized carbons (Fsp3) is 0.125. The molecule has 0 aromatic heterocycles. The van der Waals surface area contributed by atoms with Crippen molar-refractivity contribution in [2.75, 3.05) is 0 Å². The molecule has 0 aliphatic heterocycles. The average Bonchev–Trinajstić information content (AvgIpc) is 2.09. The number of hydrogen-bond donors (Lipinski definition) is 1. The van der Waals surface area contributed by atoms with Gasteiger partial charge >= 0.3 is 0 Å². The minimum atomic E-state index is -0.0976. The van der Waals surface area contributed by atoms with E-state index in [1.54, 1.807) is 18.2 Å². The van der Waals surface area contributed by atoms with Crippen LogP contribution in [0.25, 0.3) is 0 Å². The van der Waals surface area contributed by atoms with Gasteiger partial charge in [0.05, 0.1) is 17.5 Å². The molecule has 0 atom stereocenters. The van der Waals surface area contributed by atoms with Gasteiger partial charge in [-0.2, -0.15) is 4.99 Å². The third kappa shape index (κ3) is 2.13. The van der Waals surface area contributed by atoms with Crippen LogP contribution in [-0.2, 0) is 6.61 Å². The monoisotopic (exact) mass is 199 g/mol. The number of hydrogen-bond acceptors (Lipinski definition) is 3. The SMILES string of the molecule is OCc1cc(N=C=S)ccc1Cl. The maximum Gasteiger partial charge on any atom is 0.0744 e. The van der Waals surface area contributed by atoms with Gasteiger partial charge in [-0.25, -0.2) is 0 Å². The Labute approximate surface area is 80.5 Å². The lowest BCUT2D eigenvalue weighted by molar-refractivity contribution is 0.282. The molecule has 0 saturated carbocycles. The largest absolute Gasteiger partial charge is 0.392 e.